The third-order valence-corrected chi connectivity index (χ3v) is 6.18. The van der Waals surface area contributed by atoms with Crippen LogP contribution in [0.15, 0.2) is 12.3 Å². The maximum absolute atomic E-state index is 12.8. The molecule has 3 heterocycles. The largest absolute Gasteiger partial charge is 0.465 e. The Labute approximate surface area is 175 Å². The molecule has 1 aliphatic heterocycles. The van der Waals surface area contributed by atoms with Gasteiger partial charge in [-0.2, -0.15) is 5.10 Å². The number of carbonyl (C=O) groups excluding carboxylic acids is 2. The average molecular weight is 427 g/mol. The van der Waals surface area contributed by atoms with Crippen molar-refractivity contribution in [2.24, 2.45) is 0 Å². The van der Waals surface area contributed by atoms with Gasteiger partial charge in [0, 0.05) is 28.7 Å². The second-order valence-electron chi connectivity index (χ2n) is 7.90. The number of carbonyl (C=O) groups is 2. The number of halogens is 1. The van der Waals surface area contributed by atoms with Crippen LogP contribution in [0.2, 0.25) is 0 Å². The topological polar surface area (TPSA) is 85.2 Å². The van der Waals surface area contributed by atoms with Gasteiger partial charge in [0.25, 0.3) is 5.91 Å². The lowest BCUT2D eigenvalue weighted by molar-refractivity contribution is 0.0600. The summed E-state index contributed by atoms with van der Waals surface area (Å²) in [7, 11) is 1.36. The van der Waals surface area contributed by atoms with E-state index in [2.05, 4.69) is 43.4 Å². The van der Waals surface area contributed by atoms with Crippen molar-refractivity contribution in [1.29, 1.82) is 0 Å². The first-order chi connectivity index (χ1) is 12.6. The van der Waals surface area contributed by atoms with E-state index in [0.717, 1.165) is 10.4 Å². The quantitative estimate of drug-likeness (QED) is 0.730. The van der Waals surface area contributed by atoms with Crippen LogP contribution in [0.1, 0.15) is 65.9 Å². The predicted octanol–water partition coefficient (Wildman–Crippen LogP) is 3.58. The number of nitrogens with one attached hydrogen (secondary N) is 2. The number of methoxy groups -OCH3 is 1. The second-order valence-corrected chi connectivity index (χ2v) is 8.92. The molecule has 2 aromatic rings. The van der Waals surface area contributed by atoms with Gasteiger partial charge in [-0.1, -0.05) is 0 Å². The van der Waals surface area contributed by atoms with Crippen LogP contribution in [-0.2, 0) is 23.2 Å². The van der Waals surface area contributed by atoms with Crippen LogP contribution in [0.4, 0.5) is 5.00 Å². The zero-order chi connectivity index (χ0) is 20.0. The Morgan fingerprint density at radius 2 is 2.04 bits per heavy atom. The molecule has 1 aliphatic rings. The van der Waals surface area contributed by atoms with Gasteiger partial charge >= 0.3 is 5.97 Å². The van der Waals surface area contributed by atoms with Gasteiger partial charge in [-0.15, -0.1) is 23.7 Å². The molecule has 2 aromatic heterocycles. The summed E-state index contributed by atoms with van der Waals surface area (Å²) in [6, 6.07) is 1.67. The number of hydrogen-bond donors (Lipinski definition) is 2. The van der Waals surface area contributed by atoms with Crippen molar-refractivity contribution in [3.8, 4) is 0 Å². The first kappa shape index (κ1) is 22.4. The van der Waals surface area contributed by atoms with Gasteiger partial charge in [0.15, 0.2) is 0 Å². The molecule has 0 saturated carbocycles. The van der Waals surface area contributed by atoms with E-state index < -0.39 is 5.97 Å². The molecule has 0 bridgehead atoms. The molecular weight excluding hydrogens is 400 g/mol. The Hall–Kier alpha value is -1.90. The normalized spacial score (nSPS) is 16.6. The standard InChI is InChI=1S/C19H26N4O3S.ClH/c1-7-23-12(8-9-20-23)15(24)21-16-13(17(25)26-6)11-10-18(2,3)22-19(4,5)14(11)27-16;/h8-9,22H,7,10H2,1-6H3,(H,21,24);1H. The van der Waals surface area contributed by atoms with E-state index in [1.54, 1.807) is 16.9 Å². The number of rotatable bonds is 4. The molecule has 0 fully saturated rings. The van der Waals surface area contributed by atoms with E-state index in [-0.39, 0.29) is 29.4 Å². The Morgan fingerprint density at radius 3 is 2.64 bits per heavy atom. The number of amides is 1. The maximum Gasteiger partial charge on any atom is 0.341 e. The van der Waals surface area contributed by atoms with Crippen molar-refractivity contribution in [2.75, 3.05) is 12.4 Å². The average Bonchev–Trinajstić information content (AvgIpc) is 3.17. The van der Waals surface area contributed by atoms with Crippen molar-refractivity contribution >= 4 is 40.6 Å². The van der Waals surface area contributed by atoms with Crippen LogP contribution in [0.5, 0.6) is 0 Å². The molecule has 28 heavy (non-hydrogen) atoms. The van der Waals surface area contributed by atoms with Gasteiger partial charge in [0.05, 0.1) is 12.7 Å². The van der Waals surface area contributed by atoms with Gasteiger partial charge in [-0.25, -0.2) is 4.79 Å². The Kier molecular flexibility index (Phi) is 6.28. The minimum absolute atomic E-state index is 0. The highest BCUT2D eigenvalue weighted by Gasteiger charge is 2.42. The molecule has 0 spiro atoms. The maximum atomic E-state index is 12.8. The lowest BCUT2D eigenvalue weighted by Crippen LogP contribution is -2.55. The number of aryl methyl sites for hydroxylation is 1. The van der Waals surface area contributed by atoms with Crippen molar-refractivity contribution in [2.45, 2.75) is 58.7 Å². The summed E-state index contributed by atoms with van der Waals surface area (Å²) in [5, 5.41) is 11.2. The van der Waals surface area contributed by atoms with Crippen LogP contribution in [-0.4, -0.2) is 34.3 Å². The zero-order valence-corrected chi connectivity index (χ0v) is 18.6. The van der Waals surface area contributed by atoms with Gasteiger partial charge in [0.2, 0.25) is 0 Å². The number of hydrogen-bond acceptors (Lipinski definition) is 6. The Bertz CT molecular complexity index is 901. The van der Waals surface area contributed by atoms with Crippen molar-refractivity contribution in [1.82, 2.24) is 15.1 Å². The molecule has 0 radical (unpaired) electrons. The summed E-state index contributed by atoms with van der Waals surface area (Å²) in [5.41, 5.74) is 1.36. The van der Waals surface area contributed by atoms with Gasteiger partial charge in [-0.05, 0) is 52.7 Å². The fourth-order valence-corrected chi connectivity index (χ4v) is 5.14. The van der Waals surface area contributed by atoms with Gasteiger partial charge in [0.1, 0.15) is 10.7 Å². The molecule has 0 aromatic carbocycles. The number of ether oxygens (including phenoxy) is 1. The third kappa shape index (κ3) is 3.94. The Morgan fingerprint density at radius 1 is 1.36 bits per heavy atom. The monoisotopic (exact) mass is 426 g/mol. The highest BCUT2D eigenvalue weighted by atomic mass is 35.5. The first-order valence-electron chi connectivity index (χ1n) is 8.96. The summed E-state index contributed by atoms with van der Waals surface area (Å²) in [5.74, 6) is -0.719. The molecule has 154 valence electrons. The van der Waals surface area contributed by atoms with Crippen LogP contribution in [0.25, 0.3) is 0 Å². The summed E-state index contributed by atoms with van der Waals surface area (Å²) in [4.78, 5) is 26.4. The molecule has 0 atom stereocenters. The molecule has 9 heteroatoms. The molecule has 1 amide bonds. The molecule has 2 N–H and O–H groups in total. The number of anilines is 1. The van der Waals surface area contributed by atoms with E-state index >= 15 is 0 Å². The number of aromatic nitrogens is 2. The molecule has 7 nitrogen and oxygen atoms in total. The fourth-order valence-electron chi connectivity index (χ4n) is 3.88. The predicted molar refractivity (Wildman–Crippen MR) is 113 cm³/mol. The van der Waals surface area contributed by atoms with Crippen molar-refractivity contribution < 1.29 is 14.3 Å². The number of esters is 1. The SMILES string of the molecule is CCn1nccc1C(=O)Nc1sc2c(c1C(=O)OC)CC(C)(C)NC2(C)C.Cl. The minimum atomic E-state index is -0.430. The van der Waals surface area contributed by atoms with Gasteiger partial charge in [-0.3, -0.25) is 9.48 Å². The summed E-state index contributed by atoms with van der Waals surface area (Å²) in [6.07, 6.45) is 2.27. The van der Waals surface area contributed by atoms with Crippen LogP contribution < -0.4 is 10.6 Å². The smallest absolute Gasteiger partial charge is 0.341 e. The Balaban J connectivity index is 0.00000280. The molecular formula is C19H27ClN4O3S. The summed E-state index contributed by atoms with van der Waals surface area (Å²) in [6.45, 7) is 10.9. The van der Waals surface area contributed by atoms with E-state index in [1.807, 2.05) is 6.92 Å². The van der Waals surface area contributed by atoms with Crippen LogP contribution in [0.3, 0.4) is 0 Å². The zero-order valence-electron chi connectivity index (χ0n) is 17.0. The number of thiophene rings is 1. The van der Waals surface area contributed by atoms with Crippen molar-refractivity contribution in [3.63, 3.8) is 0 Å². The summed E-state index contributed by atoms with van der Waals surface area (Å²) >= 11 is 1.43. The molecule has 3 rings (SSSR count). The van der Waals surface area contributed by atoms with E-state index in [1.165, 1.54) is 18.4 Å². The number of fused-ring (bicyclic) bond motifs is 1. The summed E-state index contributed by atoms with van der Waals surface area (Å²) < 4.78 is 6.65. The third-order valence-electron chi connectivity index (χ3n) is 4.71. The minimum Gasteiger partial charge on any atom is -0.465 e. The molecule has 0 aliphatic carbocycles. The highest BCUT2D eigenvalue weighted by Crippen LogP contribution is 2.45. The van der Waals surface area contributed by atoms with E-state index in [4.69, 9.17) is 4.74 Å². The lowest BCUT2D eigenvalue weighted by atomic mass is 9.81. The van der Waals surface area contributed by atoms with Gasteiger partial charge < -0.3 is 15.4 Å². The molecule has 0 saturated heterocycles. The van der Waals surface area contributed by atoms with E-state index in [0.29, 0.717) is 29.2 Å². The van der Waals surface area contributed by atoms with Crippen LogP contribution >= 0.6 is 23.7 Å². The lowest BCUT2D eigenvalue weighted by Gasteiger charge is -2.42. The first-order valence-corrected chi connectivity index (χ1v) is 9.78. The molecule has 0 unspecified atom stereocenters. The second kappa shape index (κ2) is 7.85. The number of nitrogens with zero attached hydrogens (tertiary/aromatic N) is 2. The van der Waals surface area contributed by atoms with E-state index in [9.17, 15) is 9.59 Å². The fraction of sp³-hybridized carbons (Fsp3) is 0.526. The highest BCUT2D eigenvalue weighted by molar-refractivity contribution is 7.17. The van der Waals surface area contributed by atoms with Crippen LogP contribution in [0, 0.1) is 0 Å². The van der Waals surface area contributed by atoms with Crippen molar-refractivity contribution in [3.05, 3.63) is 34.0 Å².